The first-order valence-corrected chi connectivity index (χ1v) is 7.05. The molecule has 1 amide bonds. The topological polar surface area (TPSA) is 57.6 Å². The van der Waals surface area contributed by atoms with Crippen LogP contribution in [-0.4, -0.2) is 34.5 Å². The first-order valence-electron chi connectivity index (χ1n) is 5.79. The molecule has 0 unspecified atom stereocenters. The van der Waals surface area contributed by atoms with Crippen molar-refractivity contribution in [2.45, 2.75) is 32.2 Å². The van der Waals surface area contributed by atoms with Crippen LogP contribution in [0.15, 0.2) is 5.38 Å². The van der Waals surface area contributed by atoms with Crippen LogP contribution >= 0.6 is 22.9 Å². The van der Waals surface area contributed by atoms with Gasteiger partial charge in [-0.25, -0.2) is 4.79 Å². The maximum absolute atomic E-state index is 12.3. The van der Waals surface area contributed by atoms with Crippen LogP contribution in [0.25, 0.3) is 0 Å². The Morgan fingerprint density at radius 2 is 2.22 bits per heavy atom. The minimum atomic E-state index is -0.938. The molecule has 6 heteroatoms. The number of aliphatic carboxylic acids is 1. The first-order chi connectivity index (χ1) is 8.52. The number of nitrogens with zero attached hydrogens (tertiary/aromatic N) is 1. The van der Waals surface area contributed by atoms with Gasteiger partial charge >= 0.3 is 5.97 Å². The average molecular weight is 288 g/mol. The van der Waals surface area contributed by atoms with Crippen LogP contribution < -0.4 is 0 Å². The highest BCUT2D eigenvalue weighted by Crippen LogP contribution is 2.30. The normalized spacial score (nSPS) is 19.9. The molecule has 0 saturated carbocycles. The second kappa shape index (κ2) is 5.28. The van der Waals surface area contributed by atoms with Gasteiger partial charge < -0.3 is 10.0 Å². The predicted octanol–water partition coefficient (Wildman–Crippen LogP) is 2.79. The van der Waals surface area contributed by atoms with Crippen LogP contribution in [-0.2, 0) is 4.79 Å². The minimum Gasteiger partial charge on any atom is -0.480 e. The summed E-state index contributed by atoms with van der Waals surface area (Å²) in [5.74, 6) is -1.20. The summed E-state index contributed by atoms with van der Waals surface area (Å²) in [6.07, 6.45) is 2.21. The first kappa shape index (κ1) is 13.4. The molecule has 1 aliphatic heterocycles. The standard InChI is InChI=1S/C12H14ClNO3S/c1-7-6-18-10(9(7)13)11(15)14-5-3-2-4-8(14)12(16)17/h6,8H,2-5H2,1H3,(H,16,17)/t8-/m1/s1. The highest BCUT2D eigenvalue weighted by atomic mass is 35.5. The van der Waals surface area contributed by atoms with Crippen LogP contribution in [0.5, 0.6) is 0 Å². The van der Waals surface area contributed by atoms with Crippen molar-refractivity contribution in [3.8, 4) is 0 Å². The summed E-state index contributed by atoms with van der Waals surface area (Å²) >= 11 is 7.34. The number of aryl methyl sites for hydroxylation is 1. The van der Waals surface area contributed by atoms with E-state index in [1.54, 1.807) is 0 Å². The lowest BCUT2D eigenvalue weighted by atomic mass is 10.0. The third kappa shape index (κ3) is 2.37. The summed E-state index contributed by atoms with van der Waals surface area (Å²) in [6, 6.07) is -0.718. The molecule has 2 heterocycles. The third-order valence-corrected chi connectivity index (χ3v) is 4.83. The van der Waals surface area contributed by atoms with Crippen molar-refractivity contribution in [2.75, 3.05) is 6.54 Å². The molecule has 1 saturated heterocycles. The highest BCUT2D eigenvalue weighted by Gasteiger charge is 2.33. The fourth-order valence-electron chi connectivity index (χ4n) is 2.14. The molecule has 0 aromatic carbocycles. The summed E-state index contributed by atoms with van der Waals surface area (Å²) < 4.78 is 0. The molecule has 2 rings (SSSR count). The van der Waals surface area contributed by atoms with E-state index in [1.807, 2.05) is 12.3 Å². The van der Waals surface area contributed by atoms with Crippen LogP contribution in [0.3, 0.4) is 0 Å². The largest absolute Gasteiger partial charge is 0.480 e. The molecule has 0 bridgehead atoms. The van der Waals surface area contributed by atoms with E-state index in [0.29, 0.717) is 22.9 Å². The molecule has 0 spiro atoms. The van der Waals surface area contributed by atoms with Crippen molar-refractivity contribution in [3.63, 3.8) is 0 Å². The van der Waals surface area contributed by atoms with E-state index in [4.69, 9.17) is 16.7 Å². The van der Waals surface area contributed by atoms with Gasteiger partial charge in [-0.1, -0.05) is 11.6 Å². The monoisotopic (exact) mass is 287 g/mol. The van der Waals surface area contributed by atoms with E-state index in [-0.39, 0.29) is 5.91 Å². The maximum Gasteiger partial charge on any atom is 0.326 e. The van der Waals surface area contributed by atoms with Crippen molar-refractivity contribution in [3.05, 3.63) is 20.8 Å². The van der Waals surface area contributed by atoms with Crippen molar-refractivity contribution in [1.82, 2.24) is 4.90 Å². The van der Waals surface area contributed by atoms with Crippen LogP contribution in [0.4, 0.5) is 0 Å². The minimum absolute atomic E-state index is 0.259. The molecule has 0 aliphatic carbocycles. The Hall–Kier alpha value is -1.07. The third-order valence-electron chi connectivity index (χ3n) is 3.14. The number of carbonyl (C=O) groups excluding carboxylic acids is 1. The number of thiophene rings is 1. The summed E-state index contributed by atoms with van der Waals surface area (Å²) in [6.45, 7) is 2.32. The molecule has 4 nitrogen and oxygen atoms in total. The molecule has 1 aliphatic rings. The van der Waals surface area contributed by atoms with E-state index in [9.17, 15) is 9.59 Å². The Kier molecular flexibility index (Phi) is 3.92. The molecule has 1 aromatic heterocycles. The molecule has 1 N–H and O–H groups in total. The number of amides is 1. The van der Waals surface area contributed by atoms with E-state index in [0.717, 1.165) is 18.4 Å². The SMILES string of the molecule is Cc1csc(C(=O)N2CCCC[C@@H]2C(=O)O)c1Cl. The Morgan fingerprint density at radius 1 is 1.50 bits per heavy atom. The van der Waals surface area contributed by atoms with Gasteiger partial charge in [-0.15, -0.1) is 11.3 Å². The number of carboxylic acid groups (broad SMARTS) is 1. The second-order valence-electron chi connectivity index (χ2n) is 4.41. The van der Waals surface area contributed by atoms with E-state index in [1.165, 1.54) is 16.2 Å². The Morgan fingerprint density at radius 3 is 2.78 bits per heavy atom. The van der Waals surface area contributed by atoms with Gasteiger partial charge in [0, 0.05) is 6.54 Å². The number of carboxylic acids is 1. The number of halogens is 1. The smallest absolute Gasteiger partial charge is 0.326 e. The van der Waals surface area contributed by atoms with Gasteiger partial charge in [-0.2, -0.15) is 0 Å². The van der Waals surface area contributed by atoms with Gasteiger partial charge in [0.05, 0.1) is 5.02 Å². The predicted molar refractivity (Wildman–Crippen MR) is 70.4 cm³/mol. The summed E-state index contributed by atoms with van der Waals surface area (Å²) in [7, 11) is 0. The number of hydrogen-bond acceptors (Lipinski definition) is 3. The van der Waals surface area contributed by atoms with Crippen molar-refractivity contribution >= 4 is 34.8 Å². The van der Waals surface area contributed by atoms with Gasteiger partial charge in [0.15, 0.2) is 0 Å². The molecular formula is C12H14ClNO3S. The molecular weight excluding hydrogens is 274 g/mol. The van der Waals surface area contributed by atoms with Crippen LogP contribution in [0.1, 0.15) is 34.5 Å². The number of rotatable bonds is 2. The lowest BCUT2D eigenvalue weighted by Gasteiger charge is -2.32. The Labute approximate surface area is 114 Å². The number of likely N-dealkylation sites (tertiary alicyclic amines) is 1. The Balaban J connectivity index is 2.26. The van der Waals surface area contributed by atoms with Crippen molar-refractivity contribution < 1.29 is 14.7 Å². The molecule has 1 fully saturated rings. The number of carbonyl (C=O) groups is 2. The van der Waals surface area contributed by atoms with Gasteiger partial charge in [-0.05, 0) is 37.1 Å². The quantitative estimate of drug-likeness (QED) is 0.910. The van der Waals surface area contributed by atoms with E-state index < -0.39 is 12.0 Å². The highest BCUT2D eigenvalue weighted by molar-refractivity contribution is 7.13. The van der Waals surface area contributed by atoms with Crippen LogP contribution in [0, 0.1) is 6.92 Å². The summed E-state index contributed by atoms with van der Waals surface area (Å²) in [4.78, 5) is 25.4. The summed E-state index contributed by atoms with van der Waals surface area (Å²) in [5.41, 5.74) is 0.855. The molecule has 98 valence electrons. The van der Waals surface area contributed by atoms with Gasteiger partial charge in [-0.3, -0.25) is 4.79 Å². The van der Waals surface area contributed by atoms with Crippen molar-refractivity contribution in [1.29, 1.82) is 0 Å². The zero-order valence-electron chi connectivity index (χ0n) is 9.98. The number of hydrogen-bond donors (Lipinski definition) is 1. The summed E-state index contributed by atoms with van der Waals surface area (Å²) in [5, 5.41) is 11.4. The molecule has 18 heavy (non-hydrogen) atoms. The molecule has 1 aromatic rings. The average Bonchev–Trinajstić information content (AvgIpc) is 2.69. The lowest BCUT2D eigenvalue weighted by Crippen LogP contribution is -2.47. The van der Waals surface area contributed by atoms with Crippen molar-refractivity contribution in [2.24, 2.45) is 0 Å². The fraction of sp³-hybridized carbons (Fsp3) is 0.500. The zero-order chi connectivity index (χ0) is 13.3. The lowest BCUT2D eigenvalue weighted by molar-refractivity contribution is -0.143. The molecule has 1 atom stereocenters. The fourth-order valence-corrected chi connectivity index (χ4v) is 3.36. The molecule has 0 radical (unpaired) electrons. The second-order valence-corrected chi connectivity index (χ2v) is 5.67. The number of piperidine rings is 1. The van der Waals surface area contributed by atoms with E-state index >= 15 is 0 Å². The van der Waals surface area contributed by atoms with Gasteiger partial charge in [0.25, 0.3) is 5.91 Å². The van der Waals surface area contributed by atoms with Gasteiger partial charge in [0.1, 0.15) is 10.9 Å². The van der Waals surface area contributed by atoms with E-state index in [2.05, 4.69) is 0 Å². The zero-order valence-corrected chi connectivity index (χ0v) is 11.6. The van der Waals surface area contributed by atoms with Crippen LogP contribution in [0.2, 0.25) is 5.02 Å². The Bertz CT molecular complexity index is 486. The van der Waals surface area contributed by atoms with Gasteiger partial charge in [0.2, 0.25) is 0 Å². The maximum atomic E-state index is 12.3.